The number of benzene rings is 1. The van der Waals surface area contributed by atoms with Crippen molar-refractivity contribution in [2.75, 3.05) is 11.4 Å². The van der Waals surface area contributed by atoms with Crippen LogP contribution in [0.25, 0.3) is 17.2 Å². The second-order valence-electron chi connectivity index (χ2n) is 6.81. The standard InChI is InChI=1S/C19H23N5/c1-13-7-9-16(10-8-13)18-21-19-20-14(2)12-17(24(19)22-18)23-11-5-4-6-15(23)3/h7-10,12,15H,4-6,11H2,1-3H3. The van der Waals surface area contributed by atoms with Gasteiger partial charge in [0.25, 0.3) is 5.78 Å². The summed E-state index contributed by atoms with van der Waals surface area (Å²) in [4.78, 5) is 11.7. The van der Waals surface area contributed by atoms with Crippen molar-refractivity contribution < 1.29 is 0 Å². The monoisotopic (exact) mass is 321 g/mol. The molecule has 1 fully saturated rings. The lowest BCUT2D eigenvalue weighted by Crippen LogP contribution is -2.38. The van der Waals surface area contributed by atoms with Gasteiger partial charge >= 0.3 is 0 Å². The van der Waals surface area contributed by atoms with Gasteiger partial charge in [0.05, 0.1) is 0 Å². The van der Waals surface area contributed by atoms with Crippen LogP contribution in [0.5, 0.6) is 0 Å². The van der Waals surface area contributed by atoms with Crippen LogP contribution < -0.4 is 4.90 Å². The van der Waals surface area contributed by atoms with Crippen LogP contribution in [0.2, 0.25) is 0 Å². The van der Waals surface area contributed by atoms with Gasteiger partial charge in [0.15, 0.2) is 5.82 Å². The SMILES string of the molecule is Cc1ccc(-c2nc3nc(C)cc(N4CCCCC4C)n3n2)cc1. The molecule has 0 amide bonds. The first-order valence-electron chi connectivity index (χ1n) is 8.70. The highest BCUT2D eigenvalue weighted by molar-refractivity contribution is 5.59. The van der Waals surface area contributed by atoms with E-state index in [2.05, 4.69) is 59.0 Å². The van der Waals surface area contributed by atoms with Gasteiger partial charge in [-0.15, -0.1) is 5.10 Å². The van der Waals surface area contributed by atoms with Gasteiger partial charge in [-0.2, -0.15) is 9.50 Å². The number of nitrogens with zero attached hydrogens (tertiary/aromatic N) is 5. The van der Waals surface area contributed by atoms with Crippen LogP contribution >= 0.6 is 0 Å². The van der Waals surface area contributed by atoms with Crippen LogP contribution in [-0.2, 0) is 0 Å². The highest BCUT2D eigenvalue weighted by atomic mass is 15.4. The third-order valence-corrected chi connectivity index (χ3v) is 4.83. The lowest BCUT2D eigenvalue weighted by Gasteiger charge is -2.35. The van der Waals surface area contributed by atoms with Gasteiger partial charge in [-0.25, -0.2) is 4.98 Å². The first kappa shape index (κ1) is 15.1. The number of aromatic nitrogens is 4. The highest BCUT2D eigenvalue weighted by Gasteiger charge is 2.22. The van der Waals surface area contributed by atoms with Crippen LogP contribution in [0.3, 0.4) is 0 Å². The lowest BCUT2D eigenvalue weighted by molar-refractivity contribution is 0.477. The third kappa shape index (κ3) is 2.64. The number of fused-ring (bicyclic) bond motifs is 1. The summed E-state index contributed by atoms with van der Waals surface area (Å²) in [7, 11) is 0. The second-order valence-corrected chi connectivity index (χ2v) is 6.81. The summed E-state index contributed by atoms with van der Waals surface area (Å²) < 4.78 is 1.91. The van der Waals surface area contributed by atoms with E-state index < -0.39 is 0 Å². The molecular formula is C19H23N5. The molecule has 3 aromatic rings. The van der Waals surface area contributed by atoms with E-state index >= 15 is 0 Å². The fourth-order valence-corrected chi connectivity index (χ4v) is 3.44. The van der Waals surface area contributed by atoms with Gasteiger partial charge in [0.1, 0.15) is 5.82 Å². The second kappa shape index (κ2) is 5.89. The van der Waals surface area contributed by atoms with Gasteiger partial charge in [-0.1, -0.05) is 29.8 Å². The maximum absolute atomic E-state index is 4.76. The fraction of sp³-hybridized carbons (Fsp3) is 0.421. The smallest absolute Gasteiger partial charge is 0.254 e. The molecule has 0 saturated carbocycles. The number of aryl methyl sites for hydroxylation is 2. The largest absolute Gasteiger partial charge is 0.354 e. The van der Waals surface area contributed by atoms with Crippen molar-refractivity contribution in [2.24, 2.45) is 0 Å². The van der Waals surface area contributed by atoms with Crippen molar-refractivity contribution in [2.45, 2.75) is 46.1 Å². The molecule has 5 heteroatoms. The van der Waals surface area contributed by atoms with E-state index in [1.165, 1.54) is 24.8 Å². The number of piperidine rings is 1. The maximum Gasteiger partial charge on any atom is 0.254 e. The summed E-state index contributed by atoms with van der Waals surface area (Å²) in [6, 6.07) is 11.0. The zero-order chi connectivity index (χ0) is 16.7. The van der Waals surface area contributed by atoms with Crippen LogP contribution in [-0.4, -0.2) is 32.2 Å². The van der Waals surface area contributed by atoms with E-state index in [9.17, 15) is 0 Å². The van der Waals surface area contributed by atoms with E-state index in [1.54, 1.807) is 0 Å². The molecule has 1 aliphatic heterocycles. The summed E-state index contributed by atoms with van der Waals surface area (Å²) in [6.45, 7) is 7.47. The Morgan fingerprint density at radius 3 is 2.58 bits per heavy atom. The molecule has 0 N–H and O–H groups in total. The summed E-state index contributed by atoms with van der Waals surface area (Å²) in [6.07, 6.45) is 3.76. The Morgan fingerprint density at radius 1 is 1.04 bits per heavy atom. The van der Waals surface area contributed by atoms with E-state index in [-0.39, 0.29) is 0 Å². The predicted molar refractivity (Wildman–Crippen MR) is 96.4 cm³/mol. The van der Waals surface area contributed by atoms with Crippen molar-refractivity contribution in [3.8, 4) is 11.4 Å². The Bertz CT molecular complexity index is 865. The zero-order valence-corrected chi connectivity index (χ0v) is 14.5. The van der Waals surface area contributed by atoms with Crippen LogP contribution in [0.4, 0.5) is 5.82 Å². The van der Waals surface area contributed by atoms with Gasteiger partial charge < -0.3 is 4.90 Å². The Morgan fingerprint density at radius 2 is 1.83 bits per heavy atom. The topological polar surface area (TPSA) is 46.3 Å². The Labute approximate surface area is 142 Å². The number of hydrogen-bond donors (Lipinski definition) is 0. The van der Waals surface area contributed by atoms with Crippen molar-refractivity contribution >= 4 is 11.6 Å². The lowest BCUT2D eigenvalue weighted by atomic mass is 10.0. The van der Waals surface area contributed by atoms with Gasteiger partial charge in [-0.3, -0.25) is 0 Å². The van der Waals surface area contributed by atoms with Crippen LogP contribution in [0, 0.1) is 13.8 Å². The highest BCUT2D eigenvalue weighted by Crippen LogP contribution is 2.26. The summed E-state index contributed by atoms with van der Waals surface area (Å²) in [5.41, 5.74) is 3.25. The molecule has 0 radical (unpaired) electrons. The Hall–Kier alpha value is -2.43. The molecule has 0 aliphatic carbocycles. The van der Waals surface area contributed by atoms with E-state index in [0.29, 0.717) is 11.8 Å². The van der Waals surface area contributed by atoms with E-state index in [1.807, 2.05) is 11.4 Å². The van der Waals surface area contributed by atoms with Gasteiger partial charge in [0, 0.05) is 29.9 Å². The normalized spacial score (nSPS) is 18.3. The minimum absolute atomic E-state index is 0.524. The molecule has 5 nitrogen and oxygen atoms in total. The first-order chi connectivity index (χ1) is 11.6. The summed E-state index contributed by atoms with van der Waals surface area (Å²) in [5, 5.41) is 4.76. The molecule has 1 atom stereocenters. The Balaban J connectivity index is 1.83. The van der Waals surface area contributed by atoms with Crippen molar-refractivity contribution in [1.82, 2.24) is 19.6 Å². The molecule has 1 aliphatic rings. The molecule has 3 heterocycles. The van der Waals surface area contributed by atoms with Crippen molar-refractivity contribution in [3.63, 3.8) is 0 Å². The zero-order valence-electron chi connectivity index (χ0n) is 14.5. The van der Waals surface area contributed by atoms with Crippen molar-refractivity contribution in [1.29, 1.82) is 0 Å². The summed E-state index contributed by atoms with van der Waals surface area (Å²) in [5.74, 6) is 2.52. The fourth-order valence-electron chi connectivity index (χ4n) is 3.44. The molecule has 0 bridgehead atoms. The van der Waals surface area contributed by atoms with Crippen LogP contribution in [0.1, 0.15) is 37.4 Å². The third-order valence-electron chi connectivity index (χ3n) is 4.83. The van der Waals surface area contributed by atoms with E-state index in [0.717, 1.165) is 29.4 Å². The molecule has 24 heavy (non-hydrogen) atoms. The molecule has 0 spiro atoms. The molecule has 1 unspecified atom stereocenters. The van der Waals surface area contributed by atoms with Gasteiger partial charge in [0.2, 0.25) is 0 Å². The molecule has 4 rings (SSSR count). The number of hydrogen-bond acceptors (Lipinski definition) is 4. The number of rotatable bonds is 2. The van der Waals surface area contributed by atoms with Gasteiger partial charge in [-0.05, 0) is 40.0 Å². The average Bonchev–Trinajstić information content (AvgIpc) is 2.99. The minimum Gasteiger partial charge on any atom is -0.354 e. The summed E-state index contributed by atoms with van der Waals surface area (Å²) >= 11 is 0. The molecule has 2 aromatic heterocycles. The van der Waals surface area contributed by atoms with Crippen molar-refractivity contribution in [3.05, 3.63) is 41.6 Å². The maximum atomic E-state index is 4.76. The van der Waals surface area contributed by atoms with Crippen LogP contribution in [0.15, 0.2) is 30.3 Å². The minimum atomic E-state index is 0.524. The molecular weight excluding hydrogens is 298 g/mol. The first-order valence-corrected chi connectivity index (χ1v) is 8.70. The number of anilines is 1. The predicted octanol–water partition coefficient (Wildman–Crippen LogP) is 3.79. The molecule has 1 aromatic carbocycles. The van der Waals surface area contributed by atoms with E-state index in [4.69, 9.17) is 5.10 Å². The quantitative estimate of drug-likeness (QED) is 0.720. The molecule has 1 saturated heterocycles. The Kier molecular flexibility index (Phi) is 3.71. The molecule has 124 valence electrons. The average molecular weight is 321 g/mol.